The highest BCUT2D eigenvalue weighted by Crippen LogP contribution is 2.13. The Labute approximate surface area is 173 Å². The van der Waals surface area contributed by atoms with Crippen LogP contribution in [0.4, 0.5) is 0 Å². The van der Waals surface area contributed by atoms with E-state index in [2.05, 4.69) is 22.3 Å². The second-order valence-electron chi connectivity index (χ2n) is 6.99. The number of likely N-dealkylation sites (N-methyl/N-ethyl adjacent to an activating group) is 1. The third-order valence-corrected chi connectivity index (χ3v) is 5.05. The first-order valence-electron chi connectivity index (χ1n) is 9.68. The summed E-state index contributed by atoms with van der Waals surface area (Å²) in [5, 5.41) is 4.08. The van der Waals surface area contributed by atoms with Crippen LogP contribution in [0.1, 0.15) is 12.0 Å². The standard InChI is InChI=1S/C20H32ClN5O2/c1-22-20(23-9-4-10-24(2)13-14-28-3)26-12-11-25(19(27)16-26)15-17-5-7-18(21)8-6-17/h5-8H,4,9-16H2,1-3H3,(H,22,23). The van der Waals surface area contributed by atoms with Crippen molar-refractivity contribution >= 4 is 23.5 Å². The van der Waals surface area contributed by atoms with Crippen molar-refractivity contribution in [3.63, 3.8) is 0 Å². The van der Waals surface area contributed by atoms with Crippen molar-refractivity contribution in [1.82, 2.24) is 20.0 Å². The summed E-state index contributed by atoms with van der Waals surface area (Å²) in [5.74, 6) is 0.905. The number of halogens is 1. The Hall–Kier alpha value is -1.83. The maximum Gasteiger partial charge on any atom is 0.242 e. The molecule has 156 valence electrons. The number of carbonyl (C=O) groups is 1. The molecule has 0 atom stereocenters. The summed E-state index contributed by atoms with van der Waals surface area (Å²) in [6.07, 6.45) is 1.00. The van der Waals surface area contributed by atoms with Crippen molar-refractivity contribution in [2.75, 3.05) is 67.1 Å². The normalized spacial score (nSPS) is 15.5. The summed E-state index contributed by atoms with van der Waals surface area (Å²) in [4.78, 5) is 23.1. The SMILES string of the molecule is CN=C(NCCCN(C)CCOC)N1CCN(Cc2ccc(Cl)cc2)C(=O)C1. The molecule has 8 heteroatoms. The van der Waals surface area contributed by atoms with Gasteiger partial charge in [0.1, 0.15) is 0 Å². The van der Waals surface area contributed by atoms with Crippen LogP contribution in [0.15, 0.2) is 29.3 Å². The smallest absolute Gasteiger partial charge is 0.242 e. The van der Waals surface area contributed by atoms with Crippen LogP contribution in [0, 0.1) is 0 Å². The molecule has 0 unspecified atom stereocenters. The van der Waals surface area contributed by atoms with Crippen LogP contribution < -0.4 is 5.32 Å². The fourth-order valence-corrected chi connectivity index (χ4v) is 3.23. The topological polar surface area (TPSA) is 60.4 Å². The first kappa shape index (κ1) is 22.5. The van der Waals surface area contributed by atoms with E-state index in [4.69, 9.17) is 16.3 Å². The summed E-state index contributed by atoms with van der Waals surface area (Å²) >= 11 is 5.93. The molecule has 0 saturated carbocycles. The number of nitrogens with one attached hydrogen (secondary N) is 1. The van der Waals surface area contributed by atoms with Gasteiger partial charge in [-0.05, 0) is 37.7 Å². The Balaban J connectivity index is 1.74. The number of guanidine groups is 1. The number of benzene rings is 1. The molecule has 0 bridgehead atoms. The van der Waals surface area contributed by atoms with Gasteiger partial charge in [0, 0.05) is 51.9 Å². The Morgan fingerprint density at radius 1 is 1.29 bits per heavy atom. The lowest BCUT2D eigenvalue weighted by Crippen LogP contribution is -2.55. The second kappa shape index (κ2) is 11.9. The van der Waals surface area contributed by atoms with Crippen LogP contribution in [0.5, 0.6) is 0 Å². The number of amides is 1. The van der Waals surface area contributed by atoms with Gasteiger partial charge in [-0.2, -0.15) is 0 Å². The van der Waals surface area contributed by atoms with Gasteiger partial charge in [-0.15, -0.1) is 0 Å². The van der Waals surface area contributed by atoms with Crippen LogP contribution in [0.3, 0.4) is 0 Å². The Morgan fingerprint density at radius 3 is 2.68 bits per heavy atom. The zero-order valence-electron chi connectivity index (χ0n) is 17.2. The molecule has 0 aromatic heterocycles. The number of hydrogen-bond donors (Lipinski definition) is 1. The molecular formula is C20H32ClN5O2. The zero-order valence-corrected chi connectivity index (χ0v) is 17.9. The molecular weight excluding hydrogens is 378 g/mol. The lowest BCUT2D eigenvalue weighted by Gasteiger charge is -2.36. The predicted octanol–water partition coefficient (Wildman–Crippen LogP) is 1.53. The molecule has 1 amide bonds. The van der Waals surface area contributed by atoms with E-state index in [0.717, 1.165) is 50.7 Å². The molecule has 1 aliphatic rings. The molecule has 2 rings (SSSR count). The molecule has 1 aromatic rings. The number of carbonyl (C=O) groups excluding carboxylic acids is 1. The van der Waals surface area contributed by atoms with Crippen molar-refractivity contribution in [2.45, 2.75) is 13.0 Å². The van der Waals surface area contributed by atoms with Crippen LogP contribution >= 0.6 is 11.6 Å². The average Bonchev–Trinajstić information content (AvgIpc) is 2.69. The number of methoxy groups -OCH3 is 1. The molecule has 0 radical (unpaired) electrons. The number of nitrogens with zero attached hydrogens (tertiary/aromatic N) is 4. The van der Waals surface area contributed by atoms with E-state index in [1.165, 1.54) is 0 Å². The van der Waals surface area contributed by atoms with Crippen LogP contribution in [-0.4, -0.2) is 93.6 Å². The first-order chi connectivity index (χ1) is 13.5. The summed E-state index contributed by atoms with van der Waals surface area (Å²) in [6.45, 7) is 5.90. The van der Waals surface area contributed by atoms with Gasteiger partial charge in [-0.1, -0.05) is 23.7 Å². The summed E-state index contributed by atoms with van der Waals surface area (Å²) in [7, 11) is 5.57. The summed E-state index contributed by atoms with van der Waals surface area (Å²) in [6, 6.07) is 7.64. The van der Waals surface area contributed by atoms with Crippen molar-refractivity contribution < 1.29 is 9.53 Å². The number of ether oxygens (including phenoxy) is 1. The number of rotatable bonds is 9. The fourth-order valence-electron chi connectivity index (χ4n) is 3.11. The van der Waals surface area contributed by atoms with Gasteiger partial charge in [0.05, 0.1) is 13.2 Å². The Bertz CT molecular complexity index is 638. The Kier molecular flexibility index (Phi) is 9.54. The minimum atomic E-state index is 0.114. The van der Waals surface area contributed by atoms with E-state index in [1.54, 1.807) is 14.2 Å². The summed E-state index contributed by atoms with van der Waals surface area (Å²) in [5.41, 5.74) is 1.09. The van der Waals surface area contributed by atoms with Gasteiger partial charge < -0.3 is 24.8 Å². The molecule has 0 spiro atoms. The first-order valence-corrected chi connectivity index (χ1v) is 10.1. The average molecular weight is 410 g/mol. The zero-order chi connectivity index (χ0) is 20.4. The highest BCUT2D eigenvalue weighted by molar-refractivity contribution is 6.30. The van der Waals surface area contributed by atoms with E-state index in [0.29, 0.717) is 24.7 Å². The molecule has 28 heavy (non-hydrogen) atoms. The van der Waals surface area contributed by atoms with E-state index >= 15 is 0 Å². The molecule has 1 aromatic carbocycles. The molecule has 1 aliphatic heterocycles. The van der Waals surface area contributed by atoms with Crippen LogP contribution in [0.2, 0.25) is 5.02 Å². The maximum atomic E-state index is 12.6. The van der Waals surface area contributed by atoms with Gasteiger partial charge in [0.15, 0.2) is 5.96 Å². The summed E-state index contributed by atoms with van der Waals surface area (Å²) < 4.78 is 5.09. The number of aliphatic imine (C=N–C) groups is 1. The largest absolute Gasteiger partial charge is 0.383 e. The predicted molar refractivity (Wildman–Crippen MR) is 114 cm³/mol. The minimum absolute atomic E-state index is 0.114. The van der Waals surface area contributed by atoms with Gasteiger partial charge in [-0.25, -0.2) is 0 Å². The third-order valence-electron chi connectivity index (χ3n) is 4.79. The maximum absolute atomic E-state index is 12.6. The molecule has 1 N–H and O–H groups in total. The van der Waals surface area contributed by atoms with E-state index < -0.39 is 0 Å². The van der Waals surface area contributed by atoms with Crippen LogP contribution in [0.25, 0.3) is 0 Å². The van der Waals surface area contributed by atoms with Crippen molar-refractivity contribution in [2.24, 2.45) is 4.99 Å². The lowest BCUT2D eigenvalue weighted by molar-refractivity contribution is -0.135. The number of piperazine rings is 1. The third kappa shape index (κ3) is 7.30. The molecule has 0 aliphatic carbocycles. The monoisotopic (exact) mass is 409 g/mol. The highest BCUT2D eigenvalue weighted by Gasteiger charge is 2.25. The highest BCUT2D eigenvalue weighted by atomic mass is 35.5. The van der Waals surface area contributed by atoms with Crippen molar-refractivity contribution in [3.05, 3.63) is 34.9 Å². The van der Waals surface area contributed by atoms with E-state index in [9.17, 15) is 4.79 Å². The van der Waals surface area contributed by atoms with Gasteiger partial charge in [-0.3, -0.25) is 9.79 Å². The van der Waals surface area contributed by atoms with Gasteiger partial charge in [0.25, 0.3) is 0 Å². The van der Waals surface area contributed by atoms with E-state index in [-0.39, 0.29) is 5.91 Å². The van der Waals surface area contributed by atoms with Crippen LogP contribution in [-0.2, 0) is 16.1 Å². The lowest BCUT2D eigenvalue weighted by atomic mass is 10.2. The quantitative estimate of drug-likeness (QED) is 0.381. The fraction of sp³-hybridized carbons (Fsp3) is 0.600. The number of hydrogen-bond acceptors (Lipinski definition) is 4. The minimum Gasteiger partial charge on any atom is -0.383 e. The molecule has 1 heterocycles. The Morgan fingerprint density at radius 2 is 2.04 bits per heavy atom. The van der Waals surface area contributed by atoms with E-state index in [1.807, 2.05) is 34.1 Å². The molecule has 1 saturated heterocycles. The van der Waals surface area contributed by atoms with Crippen molar-refractivity contribution in [1.29, 1.82) is 0 Å². The molecule has 1 fully saturated rings. The van der Waals surface area contributed by atoms with Gasteiger partial charge >= 0.3 is 0 Å². The molecule has 7 nitrogen and oxygen atoms in total. The van der Waals surface area contributed by atoms with Gasteiger partial charge in [0.2, 0.25) is 5.91 Å². The van der Waals surface area contributed by atoms with Crippen molar-refractivity contribution in [3.8, 4) is 0 Å². The second-order valence-corrected chi connectivity index (χ2v) is 7.42.